The first-order valence-corrected chi connectivity index (χ1v) is 4.69. The van der Waals surface area contributed by atoms with Gasteiger partial charge < -0.3 is 10.2 Å². The van der Waals surface area contributed by atoms with Crippen molar-refractivity contribution >= 4 is 23.7 Å². The molecule has 0 unspecified atom stereocenters. The van der Waals surface area contributed by atoms with Gasteiger partial charge in [0.1, 0.15) is 5.25 Å². The standard InChI is InChI=1S/C7H12O4S/c1-2-3-12-5(7(10)11)4-6(8)9/h5H,2-4H2,1H3,(H,8,9)(H,10,11)/t5-/m1/s1. The van der Waals surface area contributed by atoms with Crippen LogP contribution in [0.15, 0.2) is 0 Å². The van der Waals surface area contributed by atoms with Crippen LogP contribution in [0.4, 0.5) is 0 Å². The topological polar surface area (TPSA) is 74.6 Å². The van der Waals surface area contributed by atoms with Crippen molar-refractivity contribution in [3.63, 3.8) is 0 Å². The lowest BCUT2D eigenvalue weighted by molar-refractivity contribution is -0.142. The van der Waals surface area contributed by atoms with Crippen LogP contribution in [0.3, 0.4) is 0 Å². The van der Waals surface area contributed by atoms with Gasteiger partial charge >= 0.3 is 11.9 Å². The predicted octanol–water partition coefficient (Wildman–Crippen LogP) is 1.06. The molecule has 4 nitrogen and oxygen atoms in total. The van der Waals surface area contributed by atoms with Crippen LogP contribution in [0.5, 0.6) is 0 Å². The molecular formula is C7H12O4S. The molecule has 0 saturated heterocycles. The number of carboxylic acids is 2. The van der Waals surface area contributed by atoms with E-state index in [-0.39, 0.29) is 6.42 Å². The summed E-state index contributed by atoms with van der Waals surface area (Å²) in [5.74, 6) is -1.42. The van der Waals surface area contributed by atoms with Crippen LogP contribution < -0.4 is 0 Å². The number of rotatable bonds is 6. The number of carbonyl (C=O) groups is 2. The van der Waals surface area contributed by atoms with Gasteiger partial charge in [0.2, 0.25) is 0 Å². The Labute approximate surface area is 75.0 Å². The molecule has 0 aromatic carbocycles. The Morgan fingerprint density at radius 2 is 2.00 bits per heavy atom. The lowest BCUT2D eigenvalue weighted by Crippen LogP contribution is -2.20. The minimum Gasteiger partial charge on any atom is -0.481 e. The van der Waals surface area contributed by atoms with Crippen LogP contribution >= 0.6 is 11.8 Å². The van der Waals surface area contributed by atoms with Gasteiger partial charge in [-0.25, -0.2) is 0 Å². The van der Waals surface area contributed by atoms with Crippen molar-refractivity contribution in [2.24, 2.45) is 0 Å². The van der Waals surface area contributed by atoms with E-state index in [0.29, 0.717) is 5.75 Å². The van der Waals surface area contributed by atoms with Gasteiger partial charge in [-0.05, 0) is 12.2 Å². The second-order valence-electron chi connectivity index (χ2n) is 2.30. The van der Waals surface area contributed by atoms with E-state index in [1.807, 2.05) is 6.92 Å². The Hall–Kier alpha value is -0.710. The summed E-state index contributed by atoms with van der Waals surface area (Å²) < 4.78 is 0. The number of aliphatic carboxylic acids is 2. The third kappa shape index (κ3) is 5.01. The second-order valence-corrected chi connectivity index (χ2v) is 3.61. The van der Waals surface area contributed by atoms with Gasteiger partial charge in [-0.2, -0.15) is 0 Å². The molecule has 0 aliphatic rings. The molecule has 0 saturated carbocycles. The van der Waals surface area contributed by atoms with Crippen LogP contribution in [-0.2, 0) is 9.59 Å². The minimum atomic E-state index is -1.06. The Bertz CT molecular complexity index is 169. The third-order valence-electron chi connectivity index (χ3n) is 1.16. The summed E-state index contributed by atoms with van der Waals surface area (Å²) in [5.41, 5.74) is 0. The molecular weight excluding hydrogens is 180 g/mol. The summed E-state index contributed by atoms with van der Waals surface area (Å²) in [6, 6.07) is 0. The molecule has 0 aromatic rings. The van der Waals surface area contributed by atoms with Crippen LogP contribution in [0.25, 0.3) is 0 Å². The van der Waals surface area contributed by atoms with Gasteiger partial charge in [0.25, 0.3) is 0 Å². The maximum atomic E-state index is 10.5. The van der Waals surface area contributed by atoms with Gasteiger partial charge in [0.15, 0.2) is 0 Å². The molecule has 0 bridgehead atoms. The van der Waals surface area contributed by atoms with Gasteiger partial charge in [-0.1, -0.05) is 6.92 Å². The van der Waals surface area contributed by atoms with Gasteiger partial charge in [-0.15, -0.1) is 11.8 Å². The first kappa shape index (κ1) is 11.3. The Morgan fingerprint density at radius 1 is 1.42 bits per heavy atom. The monoisotopic (exact) mass is 192 g/mol. The molecule has 12 heavy (non-hydrogen) atoms. The maximum Gasteiger partial charge on any atom is 0.317 e. The molecule has 0 heterocycles. The fourth-order valence-corrected chi connectivity index (χ4v) is 1.56. The minimum absolute atomic E-state index is 0.306. The highest BCUT2D eigenvalue weighted by Crippen LogP contribution is 2.15. The number of thioether (sulfide) groups is 1. The molecule has 2 N–H and O–H groups in total. The average Bonchev–Trinajstić information content (AvgIpc) is 1.96. The smallest absolute Gasteiger partial charge is 0.317 e. The van der Waals surface area contributed by atoms with Crippen LogP contribution in [0, 0.1) is 0 Å². The zero-order chi connectivity index (χ0) is 9.56. The summed E-state index contributed by atoms with van der Waals surface area (Å²) in [7, 11) is 0. The van der Waals surface area contributed by atoms with Crippen molar-refractivity contribution in [2.45, 2.75) is 25.0 Å². The molecule has 0 rings (SSSR count). The van der Waals surface area contributed by atoms with Gasteiger partial charge in [0, 0.05) is 0 Å². The lowest BCUT2D eigenvalue weighted by Gasteiger charge is -2.07. The van der Waals surface area contributed by atoms with E-state index in [4.69, 9.17) is 10.2 Å². The Morgan fingerprint density at radius 3 is 2.33 bits per heavy atom. The van der Waals surface area contributed by atoms with Crippen LogP contribution in [0.2, 0.25) is 0 Å². The highest BCUT2D eigenvalue weighted by atomic mass is 32.2. The van der Waals surface area contributed by atoms with Gasteiger partial charge in [0.05, 0.1) is 6.42 Å². The van der Waals surface area contributed by atoms with Crippen molar-refractivity contribution in [2.75, 3.05) is 5.75 Å². The first-order valence-electron chi connectivity index (χ1n) is 3.64. The highest BCUT2D eigenvalue weighted by Gasteiger charge is 2.20. The fourth-order valence-electron chi connectivity index (χ4n) is 0.636. The van der Waals surface area contributed by atoms with Crippen molar-refractivity contribution < 1.29 is 19.8 Å². The summed E-state index contributed by atoms with van der Waals surface area (Å²) in [6.45, 7) is 1.92. The molecule has 0 fully saturated rings. The van der Waals surface area contributed by atoms with E-state index in [9.17, 15) is 9.59 Å². The van der Waals surface area contributed by atoms with Crippen molar-refractivity contribution in [1.82, 2.24) is 0 Å². The van der Waals surface area contributed by atoms with E-state index >= 15 is 0 Å². The summed E-state index contributed by atoms with van der Waals surface area (Å²) in [5, 5.41) is 16.1. The Kier molecular flexibility index (Phi) is 5.53. The van der Waals surface area contributed by atoms with Crippen molar-refractivity contribution in [3.8, 4) is 0 Å². The third-order valence-corrected chi connectivity index (χ3v) is 2.57. The van der Waals surface area contributed by atoms with Crippen molar-refractivity contribution in [3.05, 3.63) is 0 Å². The summed E-state index contributed by atoms with van der Waals surface area (Å²) >= 11 is 1.18. The number of hydrogen-bond acceptors (Lipinski definition) is 3. The normalized spacial score (nSPS) is 12.4. The van der Waals surface area contributed by atoms with Crippen LogP contribution in [0.1, 0.15) is 19.8 Å². The second kappa shape index (κ2) is 5.88. The summed E-state index contributed by atoms with van der Waals surface area (Å²) in [4.78, 5) is 20.7. The molecule has 70 valence electrons. The average molecular weight is 192 g/mol. The molecule has 0 amide bonds. The molecule has 0 spiro atoms. The van der Waals surface area contributed by atoms with E-state index in [1.165, 1.54) is 11.8 Å². The lowest BCUT2D eigenvalue weighted by atomic mass is 10.3. The van der Waals surface area contributed by atoms with E-state index in [1.54, 1.807) is 0 Å². The largest absolute Gasteiger partial charge is 0.481 e. The van der Waals surface area contributed by atoms with Gasteiger partial charge in [-0.3, -0.25) is 9.59 Å². The maximum absolute atomic E-state index is 10.5. The Balaban J connectivity index is 3.87. The van der Waals surface area contributed by atoms with E-state index < -0.39 is 17.2 Å². The zero-order valence-electron chi connectivity index (χ0n) is 6.82. The number of hydrogen-bond donors (Lipinski definition) is 2. The predicted molar refractivity (Wildman–Crippen MR) is 46.4 cm³/mol. The molecule has 0 aliphatic heterocycles. The van der Waals surface area contributed by atoms with Crippen molar-refractivity contribution in [1.29, 1.82) is 0 Å². The SMILES string of the molecule is CCCS[C@H](CC(=O)O)C(=O)O. The highest BCUT2D eigenvalue weighted by molar-refractivity contribution is 8.00. The van der Waals surface area contributed by atoms with Crippen LogP contribution in [-0.4, -0.2) is 33.2 Å². The molecule has 0 aliphatic carbocycles. The van der Waals surface area contributed by atoms with E-state index in [2.05, 4.69) is 0 Å². The zero-order valence-corrected chi connectivity index (χ0v) is 7.63. The summed E-state index contributed by atoms with van der Waals surface area (Å²) in [6.07, 6.45) is 0.550. The number of carboxylic acid groups (broad SMARTS) is 2. The molecule has 5 heteroatoms. The molecule has 0 radical (unpaired) electrons. The fraction of sp³-hybridized carbons (Fsp3) is 0.714. The first-order chi connectivity index (χ1) is 5.57. The molecule has 1 atom stereocenters. The van der Waals surface area contributed by atoms with E-state index in [0.717, 1.165) is 6.42 Å². The quantitative estimate of drug-likeness (QED) is 0.658. The molecule has 0 aromatic heterocycles.